The van der Waals surface area contributed by atoms with Crippen molar-refractivity contribution in [1.82, 2.24) is 9.88 Å². The molecule has 0 aliphatic carbocycles. The highest BCUT2D eigenvalue weighted by Crippen LogP contribution is 2.21. The minimum Gasteiger partial charge on any atom is -0.338 e. The van der Waals surface area contributed by atoms with E-state index in [0.717, 1.165) is 19.5 Å². The van der Waals surface area contributed by atoms with Crippen LogP contribution in [0.2, 0.25) is 10.2 Å². The van der Waals surface area contributed by atoms with E-state index in [1.165, 1.54) is 12.3 Å². The number of carbonyl (C=O) groups is 1. The van der Waals surface area contributed by atoms with Gasteiger partial charge in [0.05, 0.1) is 10.6 Å². The number of likely N-dealkylation sites (tertiary alicyclic amines) is 1. The van der Waals surface area contributed by atoms with Gasteiger partial charge in [0.2, 0.25) is 0 Å². The molecule has 0 atom stereocenters. The van der Waals surface area contributed by atoms with Crippen LogP contribution in [-0.4, -0.2) is 28.9 Å². The van der Waals surface area contributed by atoms with Gasteiger partial charge >= 0.3 is 0 Å². The number of nitrogens with zero attached hydrogens (tertiary/aromatic N) is 2. The largest absolute Gasteiger partial charge is 0.338 e. The summed E-state index contributed by atoms with van der Waals surface area (Å²) in [5.41, 5.74) is 0.427. The predicted octanol–water partition coefficient (Wildman–Crippen LogP) is 2.23. The highest BCUT2D eigenvalue weighted by Gasteiger charge is 2.23. The molecule has 1 aliphatic heterocycles. The summed E-state index contributed by atoms with van der Waals surface area (Å²) in [4.78, 5) is 17.3. The summed E-state index contributed by atoms with van der Waals surface area (Å²) in [7, 11) is 0. The molecule has 1 aliphatic rings. The zero-order chi connectivity index (χ0) is 10.1. The van der Waals surface area contributed by atoms with E-state index < -0.39 is 0 Å². The maximum Gasteiger partial charge on any atom is 0.256 e. The minimum absolute atomic E-state index is 0.0644. The summed E-state index contributed by atoms with van der Waals surface area (Å²) in [5, 5.41) is 0.664. The molecule has 0 saturated carbocycles. The Morgan fingerprint density at radius 1 is 1.43 bits per heavy atom. The molecule has 0 aromatic carbocycles. The standard InChI is InChI=1S/C9H8Cl2N2O/c10-7-4-8(11)12-5-6(7)9(14)13-2-1-3-13/h4-5H,1-3H2. The van der Waals surface area contributed by atoms with Gasteiger partial charge in [-0.05, 0) is 12.5 Å². The average Bonchev–Trinajstić information content (AvgIpc) is 2.00. The van der Waals surface area contributed by atoms with Crippen molar-refractivity contribution < 1.29 is 4.79 Å². The van der Waals surface area contributed by atoms with Gasteiger partial charge in [0.1, 0.15) is 5.15 Å². The summed E-state index contributed by atoms with van der Waals surface area (Å²) < 4.78 is 0. The van der Waals surface area contributed by atoms with Crippen molar-refractivity contribution in [2.24, 2.45) is 0 Å². The minimum atomic E-state index is -0.0644. The van der Waals surface area contributed by atoms with E-state index in [1.54, 1.807) is 4.90 Å². The van der Waals surface area contributed by atoms with E-state index >= 15 is 0 Å². The Hall–Kier alpha value is -0.800. The zero-order valence-electron chi connectivity index (χ0n) is 7.33. The van der Waals surface area contributed by atoms with E-state index in [1.807, 2.05) is 0 Å². The van der Waals surface area contributed by atoms with Crippen molar-refractivity contribution in [2.75, 3.05) is 13.1 Å². The summed E-state index contributed by atoms with van der Waals surface area (Å²) in [6, 6.07) is 1.48. The van der Waals surface area contributed by atoms with Gasteiger partial charge in [0, 0.05) is 19.3 Å². The highest BCUT2D eigenvalue weighted by molar-refractivity contribution is 6.36. The van der Waals surface area contributed by atoms with Crippen molar-refractivity contribution in [3.05, 3.63) is 28.0 Å². The molecule has 0 spiro atoms. The molecule has 0 radical (unpaired) electrons. The van der Waals surface area contributed by atoms with Crippen molar-refractivity contribution in [2.45, 2.75) is 6.42 Å². The van der Waals surface area contributed by atoms with Crippen molar-refractivity contribution in [3.8, 4) is 0 Å². The molecule has 1 fully saturated rings. The Morgan fingerprint density at radius 3 is 2.64 bits per heavy atom. The first kappa shape index (κ1) is 9.74. The Labute approximate surface area is 91.6 Å². The number of rotatable bonds is 1. The molecule has 5 heteroatoms. The Kier molecular flexibility index (Phi) is 2.61. The van der Waals surface area contributed by atoms with Crippen molar-refractivity contribution in [1.29, 1.82) is 0 Å². The molecular weight excluding hydrogens is 223 g/mol. The van der Waals surface area contributed by atoms with Crippen LogP contribution in [0, 0.1) is 0 Å². The molecule has 2 heterocycles. The van der Waals surface area contributed by atoms with E-state index in [9.17, 15) is 4.79 Å². The lowest BCUT2D eigenvalue weighted by Gasteiger charge is -2.30. The number of carbonyl (C=O) groups excluding carboxylic acids is 1. The van der Waals surface area contributed by atoms with Gasteiger partial charge in [-0.3, -0.25) is 4.79 Å². The van der Waals surface area contributed by atoms with Gasteiger partial charge in [-0.2, -0.15) is 0 Å². The number of aromatic nitrogens is 1. The van der Waals surface area contributed by atoms with Crippen LogP contribution >= 0.6 is 23.2 Å². The SMILES string of the molecule is O=C(c1cnc(Cl)cc1Cl)N1CCC1. The first-order valence-electron chi connectivity index (χ1n) is 4.29. The van der Waals surface area contributed by atoms with Gasteiger partial charge in [0.25, 0.3) is 5.91 Å². The summed E-state index contributed by atoms with van der Waals surface area (Å²) in [6.07, 6.45) is 2.48. The second-order valence-electron chi connectivity index (χ2n) is 3.13. The van der Waals surface area contributed by atoms with Gasteiger partial charge < -0.3 is 4.90 Å². The Balaban J connectivity index is 2.26. The zero-order valence-corrected chi connectivity index (χ0v) is 8.85. The first-order valence-corrected chi connectivity index (χ1v) is 5.04. The molecule has 14 heavy (non-hydrogen) atoms. The third kappa shape index (κ3) is 1.70. The Morgan fingerprint density at radius 2 is 2.14 bits per heavy atom. The lowest BCUT2D eigenvalue weighted by Crippen LogP contribution is -2.42. The topological polar surface area (TPSA) is 33.2 Å². The lowest BCUT2D eigenvalue weighted by atomic mass is 10.1. The van der Waals surface area contributed by atoms with E-state index in [4.69, 9.17) is 23.2 Å². The van der Waals surface area contributed by atoms with Gasteiger partial charge in [0.15, 0.2) is 0 Å². The fraction of sp³-hybridized carbons (Fsp3) is 0.333. The second kappa shape index (κ2) is 3.75. The van der Waals surface area contributed by atoms with Crippen molar-refractivity contribution >= 4 is 29.1 Å². The maximum absolute atomic E-state index is 11.7. The third-order valence-corrected chi connectivity index (χ3v) is 2.71. The fourth-order valence-corrected chi connectivity index (χ4v) is 1.70. The first-order chi connectivity index (χ1) is 6.68. The van der Waals surface area contributed by atoms with Gasteiger partial charge in [-0.15, -0.1) is 0 Å². The van der Waals surface area contributed by atoms with E-state index in [0.29, 0.717) is 15.7 Å². The number of pyridine rings is 1. The second-order valence-corrected chi connectivity index (χ2v) is 3.93. The van der Waals surface area contributed by atoms with Crippen LogP contribution in [0.15, 0.2) is 12.3 Å². The highest BCUT2D eigenvalue weighted by atomic mass is 35.5. The van der Waals surface area contributed by atoms with Crippen LogP contribution in [0.4, 0.5) is 0 Å². The van der Waals surface area contributed by atoms with Crippen LogP contribution < -0.4 is 0 Å². The molecule has 1 amide bonds. The molecule has 0 bridgehead atoms. The summed E-state index contributed by atoms with van der Waals surface area (Å²) >= 11 is 11.5. The predicted molar refractivity (Wildman–Crippen MR) is 54.8 cm³/mol. The number of amides is 1. The quantitative estimate of drug-likeness (QED) is 0.694. The molecule has 3 nitrogen and oxygen atoms in total. The molecule has 0 N–H and O–H groups in total. The van der Waals surface area contributed by atoms with Crippen LogP contribution in [0.3, 0.4) is 0 Å². The Bertz CT molecular complexity index is 377. The lowest BCUT2D eigenvalue weighted by molar-refractivity contribution is 0.0651. The molecule has 1 saturated heterocycles. The summed E-state index contributed by atoms with van der Waals surface area (Å²) in [6.45, 7) is 1.61. The normalized spacial score (nSPS) is 15.1. The molecular formula is C9H8Cl2N2O. The molecule has 74 valence electrons. The summed E-state index contributed by atoms with van der Waals surface area (Å²) in [5.74, 6) is -0.0644. The molecule has 0 unspecified atom stereocenters. The van der Waals surface area contributed by atoms with Gasteiger partial charge in [-0.25, -0.2) is 4.98 Å². The maximum atomic E-state index is 11.7. The van der Waals surface area contributed by atoms with Crippen molar-refractivity contribution in [3.63, 3.8) is 0 Å². The fourth-order valence-electron chi connectivity index (χ4n) is 1.25. The molecule has 1 aromatic rings. The molecule has 1 aromatic heterocycles. The molecule has 2 rings (SSSR count). The van der Waals surface area contributed by atoms with Crippen LogP contribution in [0.25, 0.3) is 0 Å². The van der Waals surface area contributed by atoms with Crippen LogP contribution in [-0.2, 0) is 0 Å². The number of hydrogen-bond donors (Lipinski definition) is 0. The van der Waals surface area contributed by atoms with Gasteiger partial charge in [-0.1, -0.05) is 23.2 Å². The number of hydrogen-bond acceptors (Lipinski definition) is 2. The monoisotopic (exact) mass is 230 g/mol. The van der Waals surface area contributed by atoms with Crippen LogP contribution in [0.1, 0.15) is 16.8 Å². The average molecular weight is 231 g/mol. The van der Waals surface area contributed by atoms with E-state index in [-0.39, 0.29) is 5.91 Å². The number of halogens is 2. The smallest absolute Gasteiger partial charge is 0.256 e. The van der Waals surface area contributed by atoms with Crippen LogP contribution in [0.5, 0.6) is 0 Å². The third-order valence-electron chi connectivity index (χ3n) is 2.19. The van der Waals surface area contributed by atoms with E-state index in [2.05, 4.69) is 4.98 Å².